The number of hydrogen-bond acceptors (Lipinski definition) is 7. The summed E-state index contributed by atoms with van der Waals surface area (Å²) in [6.07, 6.45) is 9.74. The Labute approximate surface area is 193 Å². The Hall–Kier alpha value is -3.52. The van der Waals surface area contributed by atoms with Gasteiger partial charge in [-0.1, -0.05) is 29.4 Å². The largest absolute Gasteiger partial charge is 0.368 e. The zero-order chi connectivity index (χ0) is 23.0. The number of hydrogen-bond donors (Lipinski definition) is 1. The second kappa shape index (κ2) is 8.44. The molecule has 1 aromatic carbocycles. The summed E-state index contributed by atoms with van der Waals surface area (Å²) >= 11 is 0. The quantitative estimate of drug-likeness (QED) is 0.441. The van der Waals surface area contributed by atoms with Gasteiger partial charge in [0.1, 0.15) is 0 Å². The summed E-state index contributed by atoms with van der Waals surface area (Å²) in [5.74, 6) is 1.58. The van der Waals surface area contributed by atoms with Crippen LogP contribution in [-0.4, -0.2) is 50.4 Å². The fourth-order valence-electron chi connectivity index (χ4n) is 4.32. The summed E-state index contributed by atoms with van der Waals surface area (Å²) in [4.78, 5) is 10.3. The van der Waals surface area contributed by atoms with Crippen molar-refractivity contribution in [2.45, 2.75) is 31.7 Å². The Morgan fingerprint density at radius 1 is 1.06 bits per heavy atom. The monoisotopic (exact) mass is 443 g/mol. The van der Waals surface area contributed by atoms with E-state index in [9.17, 15) is 0 Å². The molecule has 8 nitrogen and oxygen atoms in total. The molecule has 1 aliphatic rings. The SMILES string of the molecule is CN(C)CCn1cc(-c2cc(C(C)(c3ccc(-c4cnc(N)nc4)cc3)C3CC3)no2)cn1. The molecule has 3 heterocycles. The lowest BCUT2D eigenvalue weighted by molar-refractivity contribution is 0.373. The predicted octanol–water partition coefficient (Wildman–Crippen LogP) is 3.85. The number of benzene rings is 1. The zero-order valence-corrected chi connectivity index (χ0v) is 19.3. The van der Waals surface area contributed by atoms with Gasteiger partial charge in [0.05, 0.1) is 24.0 Å². The number of nitrogens with zero attached hydrogens (tertiary/aromatic N) is 6. The molecule has 1 atom stereocenters. The van der Waals surface area contributed by atoms with Gasteiger partial charge in [0.15, 0.2) is 5.76 Å². The third-order valence-corrected chi connectivity index (χ3v) is 6.62. The minimum atomic E-state index is -0.210. The van der Waals surface area contributed by atoms with Gasteiger partial charge in [-0.25, -0.2) is 9.97 Å². The van der Waals surface area contributed by atoms with Crippen LogP contribution in [0.5, 0.6) is 0 Å². The topological polar surface area (TPSA) is 98.9 Å². The number of anilines is 1. The minimum Gasteiger partial charge on any atom is -0.368 e. The molecule has 33 heavy (non-hydrogen) atoms. The fraction of sp³-hybridized carbons (Fsp3) is 0.360. The number of nitrogens with two attached hydrogens (primary N) is 1. The van der Waals surface area contributed by atoms with Crippen molar-refractivity contribution in [3.63, 3.8) is 0 Å². The summed E-state index contributed by atoms with van der Waals surface area (Å²) in [5, 5.41) is 8.99. The van der Waals surface area contributed by atoms with Crippen LogP contribution < -0.4 is 5.73 Å². The van der Waals surface area contributed by atoms with Crippen LogP contribution in [0.4, 0.5) is 5.95 Å². The van der Waals surface area contributed by atoms with Crippen molar-refractivity contribution in [2.24, 2.45) is 5.92 Å². The molecule has 1 aliphatic carbocycles. The first-order valence-electron chi connectivity index (χ1n) is 11.3. The van der Waals surface area contributed by atoms with Gasteiger partial charge in [-0.05, 0) is 50.9 Å². The third kappa shape index (κ3) is 4.26. The van der Waals surface area contributed by atoms with Crippen LogP contribution in [0.2, 0.25) is 0 Å². The van der Waals surface area contributed by atoms with Gasteiger partial charge in [0, 0.05) is 42.2 Å². The van der Waals surface area contributed by atoms with Gasteiger partial charge in [-0.2, -0.15) is 5.10 Å². The van der Waals surface area contributed by atoms with Crippen molar-refractivity contribution in [3.05, 3.63) is 66.4 Å². The van der Waals surface area contributed by atoms with Crippen molar-refractivity contribution >= 4 is 5.95 Å². The summed E-state index contributed by atoms with van der Waals surface area (Å²) in [7, 11) is 4.11. The highest BCUT2D eigenvalue weighted by Gasteiger charge is 2.46. The van der Waals surface area contributed by atoms with Gasteiger partial charge >= 0.3 is 0 Å². The van der Waals surface area contributed by atoms with E-state index in [0.717, 1.165) is 41.2 Å². The van der Waals surface area contributed by atoms with E-state index in [4.69, 9.17) is 10.3 Å². The van der Waals surface area contributed by atoms with E-state index in [2.05, 4.69) is 76.5 Å². The Morgan fingerprint density at radius 3 is 2.45 bits per heavy atom. The molecule has 1 fully saturated rings. The fourth-order valence-corrected chi connectivity index (χ4v) is 4.32. The van der Waals surface area contributed by atoms with Gasteiger partial charge in [0.2, 0.25) is 5.95 Å². The summed E-state index contributed by atoms with van der Waals surface area (Å²) in [6.45, 7) is 4.04. The van der Waals surface area contributed by atoms with E-state index >= 15 is 0 Å². The minimum absolute atomic E-state index is 0.210. The number of nitrogen functional groups attached to an aromatic ring is 1. The average molecular weight is 444 g/mol. The zero-order valence-electron chi connectivity index (χ0n) is 19.3. The lowest BCUT2D eigenvalue weighted by atomic mass is 9.74. The molecule has 2 N–H and O–H groups in total. The summed E-state index contributed by atoms with van der Waals surface area (Å²) < 4.78 is 7.74. The van der Waals surface area contributed by atoms with E-state index < -0.39 is 0 Å². The van der Waals surface area contributed by atoms with Crippen LogP contribution >= 0.6 is 0 Å². The molecule has 0 bridgehead atoms. The molecule has 170 valence electrons. The second-order valence-corrected chi connectivity index (χ2v) is 9.26. The van der Waals surface area contributed by atoms with Gasteiger partial charge < -0.3 is 15.2 Å². The van der Waals surface area contributed by atoms with Crippen LogP contribution in [0.1, 0.15) is 31.0 Å². The maximum Gasteiger partial charge on any atom is 0.219 e. The standard InChI is InChI=1S/C25H29N7O/c1-25(21-8-9-21,20-6-4-17(5-7-20)18-13-27-24(26)28-14-18)23-12-22(33-30-23)19-15-29-32(16-19)11-10-31(2)3/h4-7,12-16,21H,8-11H2,1-3H3,(H2,26,27,28). The summed E-state index contributed by atoms with van der Waals surface area (Å²) in [6, 6.07) is 10.7. The Morgan fingerprint density at radius 2 is 1.79 bits per heavy atom. The maximum absolute atomic E-state index is 5.80. The third-order valence-electron chi connectivity index (χ3n) is 6.62. The molecule has 4 aromatic rings. The highest BCUT2D eigenvalue weighted by atomic mass is 16.5. The van der Waals surface area contributed by atoms with Gasteiger partial charge in [-0.15, -0.1) is 0 Å². The van der Waals surface area contributed by atoms with Crippen molar-refractivity contribution < 1.29 is 4.52 Å². The van der Waals surface area contributed by atoms with E-state index in [1.54, 1.807) is 12.4 Å². The Bertz CT molecular complexity index is 1220. The molecule has 0 spiro atoms. The molecule has 0 radical (unpaired) electrons. The first-order chi connectivity index (χ1) is 15.9. The number of rotatable bonds is 8. The first kappa shape index (κ1) is 21.3. The Kier molecular flexibility index (Phi) is 5.46. The molecule has 5 rings (SSSR count). The first-order valence-corrected chi connectivity index (χ1v) is 11.3. The molecule has 8 heteroatoms. The molecule has 0 saturated heterocycles. The Balaban J connectivity index is 1.41. The van der Waals surface area contributed by atoms with E-state index in [1.807, 2.05) is 17.1 Å². The van der Waals surface area contributed by atoms with Crippen LogP contribution in [-0.2, 0) is 12.0 Å². The molecular weight excluding hydrogens is 414 g/mol. The van der Waals surface area contributed by atoms with E-state index in [0.29, 0.717) is 5.92 Å². The van der Waals surface area contributed by atoms with Crippen molar-refractivity contribution in [2.75, 3.05) is 26.4 Å². The van der Waals surface area contributed by atoms with Crippen molar-refractivity contribution in [1.29, 1.82) is 0 Å². The van der Waals surface area contributed by atoms with Gasteiger partial charge in [-0.3, -0.25) is 4.68 Å². The molecule has 1 unspecified atom stereocenters. The lowest BCUT2D eigenvalue weighted by Crippen LogP contribution is -2.26. The lowest BCUT2D eigenvalue weighted by Gasteiger charge is -2.28. The molecular formula is C25H29N7O. The predicted molar refractivity (Wildman–Crippen MR) is 127 cm³/mol. The maximum atomic E-state index is 5.80. The van der Waals surface area contributed by atoms with Crippen molar-refractivity contribution in [1.82, 2.24) is 29.8 Å². The molecule has 0 aliphatic heterocycles. The molecule has 3 aromatic heterocycles. The van der Waals surface area contributed by atoms with Crippen LogP contribution in [0.15, 0.2) is 59.6 Å². The normalized spacial score (nSPS) is 15.6. The van der Waals surface area contributed by atoms with Crippen molar-refractivity contribution in [3.8, 4) is 22.5 Å². The second-order valence-electron chi connectivity index (χ2n) is 9.26. The summed E-state index contributed by atoms with van der Waals surface area (Å²) in [5.41, 5.74) is 10.5. The highest BCUT2D eigenvalue weighted by molar-refractivity contribution is 5.63. The number of aromatic nitrogens is 5. The van der Waals surface area contributed by atoms with E-state index in [1.165, 1.54) is 18.4 Å². The molecule has 0 amide bonds. The van der Waals surface area contributed by atoms with E-state index in [-0.39, 0.29) is 11.4 Å². The number of likely N-dealkylation sites (N-methyl/N-ethyl adjacent to an activating group) is 1. The highest BCUT2D eigenvalue weighted by Crippen LogP contribution is 2.51. The smallest absolute Gasteiger partial charge is 0.219 e. The van der Waals surface area contributed by atoms with Gasteiger partial charge in [0.25, 0.3) is 0 Å². The molecule has 1 saturated carbocycles. The van der Waals surface area contributed by atoms with Crippen LogP contribution in [0.25, 0.3) is 22.5 Å². The van der Waals surface area contributed by atoms with Crippen LogP contribution in [0.3, 0.4) is 0 Å². The average Bonchev–Trinajstić information content (AvgIpc) is 3.37. The van der Waals surface area contributed by atoms with Crippen LogP contribution in [0, 0.1) is 5.92 Å².